The molecule has 0 heterocycles. The van der Waals surface area contributed by atoms with Gasteiger partial charge in [-0.3, -0.25) is 4.79 Å². The van der Waals surface area contributed by atoms with Gasteiger partial charge in [-0.2, -0.15) is 26.3 Å². The van der Waals surface area contributed by atoms with Crippen LogP contribution in [0.2, 0.25) is 0 Å². The Balaban J connectivity index is 2.21. The van der Waals surface area contributed by atoms with Crippen LogP contribution in [0.25, 0.3) is 0 Å². The molecule has 40 heavy (non-hydrogen) atoms. The van der Waals surface area contributed by atoms with E-state index >= 15 is 0 Å². The Hall–Kier alpha value is -3.61. The van der Waals surface area contributed by atoms with Gasteiger partial charge in [0.2, 0.25) is 5.60 Å². The highest BCUT2D eigenvalue weighted by molar-refractivity contribution is 6.09. The highest BCUT2D eigenvalue weighted by atomic mass is 19.4. The molecule has 2 atom stereocenters. The second-order valence-electron chi connectivity index (χ2n) is 9.46. The van der Waals surface area contributed by atoms with Crippen LogP contribution in [0, 0.1) is 5.92 Å². The number of halogens is 6. The Kier molecular flexibility index (Phi) is 8.87. The minimum atomic E-state index is -5.65. The highest BCUT2D eigenvalue weighted by Gasteiger charge is 2.67. The first-order chi connectivity index (χ1) is 18.6. The fourth-order valence-corrected chi connectivity index (χ4v) is 4.94. The number of carbonyl (C=O) groups excluding carboxylic acids is 2. The summed E-state index contributed by atoms with van der Waals surface area (Å²) >= 11 is 0. The van der Waals surface area contributed by atoms with E-state index in [0.717, 1.165) is 38.4 Å². The third kappa shape index (κ3) is 5.65. The number of benzene rings is 2. The number of alkyl halides is 6. The molecule has 0 bridgehead atoms. The summed E-state index contributed by atoms with van der Waals surface area (Å²) in [5.41, 5.74) is -6.46. The van der Waals surface area contributed by atoms with Crippen LogP contribution in [-0.2, 0) is 20.5 Å². The van der Waals surface area contributed by atoms with Gasteiger partial charge in [0.15, 0.2) is 0 Å². The third-order valence-electron chi connectivity index (χ3n) is 7.15. The molecule has 1 fully saturated rings. The van der Waals surface area contributed by atoms with Gasteiger partial charge in [0.1, 0.15) is 7.11 Å². The van der Waals surface area contributed by atoms with Crippen LogP contribution in [-0.4, -0.2) is 55.7 Å². The van der Waals surface area contributed by atoms with E-state index in [2.05, 4.69) is 5.16 Å². The zero-order valence-electron chi connectivity index (χ0n) is 22.1. The summed E-state index contributed by atoms with van der Waals surface area (Å²) in [4.78, 5) is 31.1. The van der Waals surface area contributed by atoms with Gasteiger partial charge in [0.05, 0.1) is 23.9 Å². The zero-order valence-corrected chi connectivity index (χ0v) is 22.1. The topological polar surface area (TPSA) is 88.4 Å². The normalized spacial score (nSPS) is 16.9. The second-order valence-corrected chi connectivity index (χ2v) is 9.46. The van der Waals surface area contributed by atoms with E-state index in [0.29, 0.717) is 17.4 Å². The maximum absolute atomic E-state index is 14.8. The summed E-state index contributed by atoms with van der Waals surface area (Å²) in [6.45, 7) is 1.43. The first-order valence-electron chi connectivity index (χ1n) is 12.1. The first kappa shape index (κ1) is 30.9. The van der Waals surface area contributed by atoms with E-state index in [1.807, 2.05) is 0 Å². The Labute approximate surface area is 226 Å². The number of ether oxygens (including phenoxy) is 1. The number of aliphatic hydroxyl groups is 1. The predicted molar refractivity (Wildman–Crippen MR) is 133 cm³/mol. The summed E-state index contributed by atoms with van der Waals surface area (Å²) in [5.74, 6) is -5.96. The average Bonchev–Trinajstić information content (AvgIpc) is 2.87. The molecule has 2 unspecified atom stereocenters. The van der Waals surface area contributed by atoms with Gasteiger partial charge in [0.25, 0.3) is 5.91 Å². The third-order valence-corrected chi connectivity index (χ3v) is 7.15. The van der Waals surface area contributed by atoms with Crippen LogP contribution in [0.3, 0.4) is 0 Å². The van der Waals surface area contributed by atoms with Crippen molar-refractivity contribution in [3.05, 3.63) is 64.7 Å². The first-order valence-corrected chi connectivity index (χ1v) is 12.1. The van der Waals surface area contributed by atoms with Gasteiger partial charge in [-0.25, -0.2) is 4.79 Å². The summed E-state index contributed by atoms with van der Waals surface area (Å²) in [6, 6.07) is 7.15. The number of nitrogens with zero attached hydrogens (tertiary/aromatic N) is 2. The van der Waals surface area contributed by atoms with Crippen LogP contribution < -0.4 is 4.90 Å². The number of amides is 1. The van der Waals surface area contributed by atoms with E-state index in [1.54, 1.807) is 0 Å². The van der Waals surface area contributed by atoms with Crippen LogP contribution in [0.4, 0.5) is 32.0 Å². The lowest BCUT2D eigenvalue weighted by Crippen LogP contribution is -2.63. The number of methoxy groups -OCH3 is 1. The molecule has 0 radical (unpaired) electrons. The molecule has 0 saturated heterocycles. The molecule has 2 aromatic rings. The van der Waals surface area contributed by atoms with Crippen molar-refractivity contribution in [2.75, 3.05) is 26.2 Å². The minimum absolute atomic E-state index is 0.0390. The number of rotatable bonds is 8. The van der Waals surface area contributed by atoms with Crippen molar-refractivity contribution >= 4 is 23.3 Å². The SMILES string of the molecule is CO/N=C(\C)c1cc(N(C)C(=O)C(O)(C(c2ccccc2C(F)(F)F)C2CCC2)C(F)(F)F)ccc1C(=O)OC. The quantitative estimate of drug-likeness (QED) is 0.189. The van der Waals surface area contributed by atoms with E-state index in [-0.39, 0.29) is 35.4 Å². The second kappa shape index (κ2) is 11.5. The van der Waals surface area contributed by atoms with Gasteiger partial charge in [0, 0.05) is 24.2 Å². The minimum Gasteiger partial charge on any atom is -0.465 e. The molecule has 1 aliphatic carbocycles. The molecule has 1 N–H and O–H groups in total. The monoisotopic (exact) mass is 574 g/mol. The summed E-state index contributed by atoms with van der Waals surface area (Å²) < 4.78 is 90.7. The highest BCUT2D eigenvalue weighted by Crippen LogP contribution is 2.54. The fraction of sp³-hybridized carbons (Fsp3) is 0.444. The zero-order chi connectivity index (χ0) is 30.0. The molecular formula is C27H28F6N2O5. The molecular weight excluding hydrogens is 546 g/mol. The molecule has 0 aromatic heterocycles. The number of likely N-dealkylation sites (N-methyl/N-ethyl adjacent to an activating group) is 1. The smallest absolute Gasteiger partial charge is 0.427 e. The van der Waals surface area contributed by atoms with Crippen LogP contribution in [0.5, 0.6) is 0 Å². The lowest BCUT2D eigenvalue weighted by Gasteiger charge is -2.45. The maximum Gasteiger partial charge on any atom is 0.427 e. The number of anilines is 1. The Bertz CT molecular complexity index is 1290. The molecule has 0 spiro atoms. The van der Waals surface area contributed by atoms with Gasteiger partial charge in [-0.1, -0.05) is 29.8 Å². The van der Waals surface area contributed by atoms with Gasteiger partial charge in [-0.15, -0.1) is 0 Å². The van der Waals surface area contributed by atoms with Crippen molar-refractivity contribution in [3.63, 3.8) is 0 Å². The van der Waals surface area contributed by atoms with Crippen molar-refractivity contribution < 1.29 is 50.6 Å². The van der Waals surface area contributed by atoms with Crippen molar-refractivity contribution in [3.8, 4) is 0 Å². The fourth-order valence-electron chi connectivity index (χ4n) is 4.94. The van der Waals surface area contributed by atoms with E-state index in [4.69, 9.17) is 9.57 Å². The van der Waals surface area contributed by atoms with E-state index in [9.17, 15) is 41.0 Å². The molecule has 2 aromatic carbocycles. The number of hydrogen-bond acceptors (Lipinski definition) is 6. The summed E-state index contributed by atoms with van der Waals surface area (Å²) in [6.07, 6.45) is -10.1. The lowest BCUT2D eigenvalue weighted by atomic mass is 9.64. The molecule has 1 amide bonds. The number of esters is 1. The molecule has 0 aliphatic heterocycles. The summed E-state index contributed by atoms with van der Waals surface area (Å²) in [7, 11) is 3.29. The standard InChI is InChI=1S/C27H28F6N2O5/c1-15(34-40-4)20-14-17(12-13-18(20)23(36)39-3)35(2)24(37)25(38,27(31,32)33)22(16-8-7-9-16)19-10-5-6-11-21(19)26(28,29)30/h5-6,10-14,16,22,38H,7-9H2,1-4H3/b34-15+. The van der Waals surface area contributed by atoms with Crippen molar-refractivity contribution in [2.24, 2.45) is 11.1 Å². The van der Waals surface area contributed by atoms with Crippen LogP contribution in [0.1, 0.15) is 59.2 Å². The number of carbonyl (C=O) groups is 2. The molecule has 1 aliphatic rings. The molecule has 1 saturated carbocycles. The molecule has 7 nitrogen and oxygen atoms in total. The van der Waals surface area contributed by atoms with E-state index in [1.165, 1.54) is 26.2 Å². The van der Waals surface area contributed by atoms with Crippen LogP contribution >= 0.6 is 0 Å². The maximum atomic E-state index is 14.8. The van der Waals surface area contributed by atoms with Crippen molar-refractivity contribution in [1.29, 1.82) is 0 Å². The lowest BCUT2D eigenvalue weighted by molar-refractivity contribution is -0.264. The largest absolute Gasteiger partial charge is 0.465 e. The average molecular weight is 575 g/mol. The predicted octanol–water partition coefficient (Wildman–Crippen LogP) is 5.70. The van der Waals surface area contributed by atoms with Crippen molar-refractivity contribution in [2.45, 2.75) is 50.1 Å². The molecule has 218 valence electrons. The van der Waals surface area contributed by atoms with E-state index < -0.39 is 52.8 Å². The molecule has 13 heteroatoms. The number of oxime groups is 1. The Morgan fingerprint density at radius 2 is 1.65 bits per heavy atom. The van der Waals surface area contributed by atoms with Crippen LogP contribution in [0.15, 0.2) is 47.6 Å². The number of hydrogen-bond donors (Lipinski definition) is 1. The van der Waals surface area contributed by atoms with Gasteiger partial charge >= 0.3 is 18.3 Å². The molecule has 3 rings (SSSR count). The Morgan fingerprint density at radius 3 is 2.15 bits per heavy atom. The summed E-state index contributed by atoms with van der Waals surface area (Å²) in [5, 5.41) is 15.0. The van der Waals surface area contributed by atoms with Crippen molar-refractivity contribution in [1.82, 2.24) is 0 Å². The van der Waals surface area contributed by atoms with Gasteiger partial charge in [-0.05, 0) is 55.5 Å². The Morgan fingerprint density at radius 1 is 1.02 bits per heavy atom. The van der Waals surface area contributed by atoms with Gasteiger partial charge < -0.3 is 19.6 Å².